The average Bonchev–Trinajstić information content (AvgIpc) is 2.51. The van der Waals surface area contributed by atoms with Crippen LogP contribution in [0.15, 0.2) is 0 Å². The molecule has 0 amide bonds. The first-order valence-electron chi connectivity index (χ1n) is 9.69. The van der Waals surface area contributed by atoms with Crippen LogP contribution in [0.5, 0.6) is 0 Å². The average molecular weight is 322 g/mol. The van der Waals surface area contributed by atoms with E-state index < -0.39 is 6.29 Å². The van der Waals surface area contributed by atoms with Gasteiger partial charge in [0.1, 0.15) is 0 Å². The molecule has 3 heteroatoms. The number of aliphatic hydroxyl groups excluding tert-OH is 2. The van der Waals surface area contributed by atoms with Crippen LogP contribution in [0.2, 0.25) is 0 Å². The van der Waals surface area contributed by atoms with E-state index >= 15 is 0 Å². The Morgan fingerprint density at radius 1 is 1.00 bits per heavy atom. The summed E-state index contributed by atoms with van der Waals surface area (Å²) in [6, 6.07) is 0. The van der Waals surface area contributed by atoms with Crippen molar-refractivity contribution in [3.8, 4) is 0 Å². The molecule has 0 aromatic heterocycles. The minimum Gasteiger partial charge on any atom is -0.396 e. The predicted molar refractivity (Wildman–Crippen MR) is 89.7 cm³/mol. The SMILES string of the molecule is CC12CCC3C4(C)CCCC(C)(CO)C4CCC3(C1)C(O)OC2. The van der Waals surface area contributed by atoms with Crippen molar-refractivity contribution in [2.45, 2.75) is 78.4 Å². The molecule has 1 aliphatic heterocycles. The highest BCUT2D eigenvalue weighted by Gasteiger charge is 2.66. The monoisotopic (exact) mass is 322 g/mol. The van der Waals surface area contributed by atoms with Gasteiger partial charge in [-0.2, -0.15) is 0 Å². The van der Waals surface area contributed by atoms with Gasteiger partial charge in [0.25, 0.3) is 0 Å². The Morgan fingerprint density at radius 3 is 2.48 bits per heavy atom. The smallest absolute Gasteiger partial charge is 0.160 e. The number of fused-ring (bicyclic) bond motifs is 3. The van der Waals surface area contributed by atoms with E-state index in [-0.39, 0.29) is 21.7 Å². The zero-order valence-corrected chi connectivity index (χ0v) is 15.1. The van der Waals surface area contributed by atoms with Crippen LogP contribution in [0.1, 0.15) is 72.1 Å². The molecular formula is C20H34O3. The zero-order valence-electron chi connectivity index (χ0n) is 15.1. The maximum Gasteiger partial charge on any atom is 0.160 e. The number of aliphatic hydroxyl groups is 2. The molecule has 2 N–H and O–H groups in total. The van der Waals surface area contributed by atoms with Crippen molar-refractivity contribution >= 4 is 0 Å². The molecule has 4 aliphatic rings. The van der Waals surface area contributed by atoms with Gasteiger partial charge in [-0.3, -0.25) is 0 Å². The topological polar surface area (TPSA) is 49.7 Å². The Hall–Kier alpha value is -0.120. The minimum atomic E-state index is -0.582. The lowest BCUT2D eigenvalue weighted by molar-refractivity contribution is -0.312. The van der Waals surface area contributed by atoms with Gasteiger partial charge in [-0.1, -0.05) is 27.2 Å². The fraction of sp³-hybridized carbons (Fsp3) is 1.00. The van der Waals surface area contributed by atoms with E-state index in [0.29, 0.717) is 18.4 Å². The Bertz CT molecular complexity index is 493. The van der Waals surface area contributed by atoms with Crippen molar-refractivity contribution in [1.82, 2.24) is 0 Å². The summed E-state index contributed by atoms with van der Waals surface area (Å²) in [6.45, 7) is 8.15. The van der Waals surface area contributed by atoms with E-state index in [1.165, 1.54) is 25.7 Å². The van der Waals surface area contributed by atoms with Gasteiger partial charge in [-0.25, -0.2) is 0 Å². The Morgan fingerprint density at radius 2 is 1.74 bits per heavy atom. The number of hydrogen-bond acceptors (Lipinski definition) is 3. The summed E-state index contributed by atoms with van der Waals surface area (Å²) in [5.41, 5.74) is 0.533. The highest BCUT2D eigenvalue weighted by Crippen LogP contribution is 2.71. The number of hydrogen-bond donors (Lipinski definition) is 2. The maximum atomic E-state index is 10.8. The molecule has 3 aliphatic carbocycles. The van der Waals surface area contributed by atoms with Gasteiger partial charge < -0.3 is 14.9 Å². The van der Waals surface area contributed by atoms with Crippen molar-refractivity contribution in [3.05, 3.63) is 0 Å². The molecule has 3 nitrogen and oxygen atoms in total. The second-order valence-corrected chi connectivity index (χ2v) is 10.2. The standard InChI is InChI=1S/C20H34O3/c1-17-9-5-15-19(3)8-4-7-18(2,12-21)14(19)6-10-20(15,11-17)16(22)23-13-17/h14-16,21-22H,4-13H2,1-3H3. The van der Waals surface area contributed by atoms with Crippen LogP contribution in [-0.2, 0) is 4.74 Å². The molecular weight excluding hydrogens is 288 g/mol. The van der Waals surface area contributed by atoms with Crippen LogP contribution in [0, 0.1) is 33.5 Å². The van der Waals surface area contributed by atoms with Crippen molar-refractivity contribution in [3.63, 3.8) is 0 Å². The molecule has 4 rings (SSSR count). The van der Waals surface area contributed by atoms with Crippen LogP contribution in [0.4, 0.5) is 0 Å². The van der Waals surface area contributed by atoms with Gasteiger partial charge in [-0.15, -0.1) is 0 Å². The first-order valence-corrected chi connectivity index (χ1v) is 9.69. The van der Waals surface area contributed by atoms with E-state index in [1.807, 2.05) is 0 Å². The highest BCUT2D eigenvalue weighted by atomic mass is 16.6. The van der Waals surface area contributed by atoms with Crippen LogP contribution < -0.4 is 0 Å². The summed E-state index contributed by atoms with van der Waals surface area (Å²) in [5.74, 6) is 1.13. The molecule has 4 fully saturated rings. The van der Waals surface area contributed by atoms with Crippen LogP contribution in [0.25, 0.3) is 0 Å². The van der Waals surface area contributed by atoms with Gasteiger partial charge in [0.15, 0.2) is 6.29 Å². The lowest BCUT2D eigenvalue weighted by Crippen LogP contribution is -2.65. The minimum absolute atomic E-state index is 0.0375. The number of rotatable bonds is 1. The normalized spacial score (nSPS) is 59.1. The quantitative estimate of drug-likeness (QED) is 0.773. The lowest BCUT2D eigenvalue weighted by Gasteiger charge is -2.68. The third kappa shape index (κ3) is 2.05. The molecule has 132 valence electrons. The molecule has 1 spiro atoms. The summed E-state index contributed by atoms with van der Waals surface area (Å²) in [5, 5.41) is 20.9. The zero-order chi connectivity index (χ0) is 16.5. The molecule has 23 heavy (non-hydrogen) atoms. The summed E-state index contributed by atoms with van der Waals surface area (Å²) in [6.07, 6.45) is 8.83. The van der Waals surface area contributed by atoms with E-state index in [4.69, 9.17) is 4.74 Å². The molecule has 1 heterocycles. The largest absolute Gasteiger partial charge is 0.396 e. The van der Waals surface area contributed by atoms with E-state index in [9.17, 15) is 10.2 Å². The van der Waals surface area contributed by atoms with E-state index in [2.05, 4.69) is 20.8 Å². The molecule has 2 bridgehead atoms. The first kappa shape index (κ1) is 16.4. The molecule has 0 aromatic rings. The van der Waals surface area contributed by atoms with Crippen molar-refractivity contribution in [2.75, 3.05) is 13.2 Å². The molecule has 0 aromatic carbocycles. The molecule has 1 saturated heterocycles. The van der Waals surface area contributed by atoms with Crippen molar-refractivity contribution in [1.29, 1.82) is 0 Å². The third-order valence-corrected chi connectivity index (χ3v) is 8.72. The van der Waals surface area contributed by atoms with Crippen molar-refractivity contribution in [2.24, 2.45) is 33.5 Å². The molecule has 3 saturated carbocycles. The second kappa shape index (κ2) is 4.95. The lowest BCUT2D eigenvalue weighted by atomic mass is 9.38. The number of ether oxygens (including phenoxy) is 1. The fourth-order valence-electron chi connectivity index (χ4n) is 7.70. The predicted octanol–water partition coefficient (Wildman–Crippen LogP) is 3.73. The molecule has 0 radical (unpaired) electrons. The van der Waals surface area contributed by atoms with Gasteiger partial charge >= 0.3 is 0 Å². The summed E-state index contributed by atoms with van der Waals surface area (Å²) < 4.78 is 5.92. The Labute approximate surface area is 140 Å². The molecule has 7 atom stereocenters. The van der Waals surface area contributed by atoms with Crippen LogP contribution >= 0.6 is 0 Å². The van der Waals surface area contributed by atoms with Crippen molar-refractivity contribution < 1.29 is 14.9 Å². The fourth-order valence-corrected chi connectivity index (χ4v) is 7.70. The summed E-state index contributed by atoms with van der Waals surface area (Å²) in [4.78, 5) is 0. The third-order valence-electron chi connectivity index (χ3n) is 8.72. The summed E-state index contributed by atoms with van der Waals surface area (Å²) in [7, 11) is 0. The van der Waals surface area contributed by atoms with E-state index in [1.54, 1.807) is 0 Å². The molecule has 7 unspecified atom stereocenters. The Kier molecular flexibility index (Phi) is 3.52. The highest BCUT2D eigenvalue weighted by molar-refractivity contribution is 5.13. The second-order valence-electron chi connectivity index (χ2n) is 10.2. The van der Waals surface area contributed by atoms with Crippen LogP contribution in [0.3, 0.4) is 0 Å². The van der Waals surface area contributed by atoms with Gasteiger partial charge in [-0.05, 0) is 73.0 Å². The van der Waals surface area contributed by atoms with Gasteiger partial charge in [0, 0.05) is 12.0 Å². The first-order chi connectivity index (χ1) is 10.8. The van der Waals surface area contributed by atoms with Crippen LogP contribution in [-0.4, -0.2) is 29.7 Å². The maximum absolute atomic E-state index is 10.8. The van der Waals surface area contributed by atoms with Gasteiger partial charge in [0.2, 0.25) is 0 Å². The summed E-state index contributed by atoms with van der Waals surface area (Å²) >= 11 is 0. The Balaban J connectivity index is 1.74. The van der Waals surface area contributed by atoms with E-state index in [0.717, 1.165) is 32.3 Å². The van der Waals surface area contributed by atoms with Gasteiger partial charge in [0.05, 0.1) is 6.61 Å².